The summed E-state index contributed by atoms with van der Waals surface area (Å²) in [6.07, 6.45) is -4.59. The third kappa shape index (κ3) is 4.74. The number of aliphatic carboxylic acids is 1. The number of rotatable bonds is 5. The highest BCUT2D eigenvalue weighted by molar-refractivity contribution is 5.88. The van der Waals surface area contributed by atoms with E-state index in [9.17, 15) is 36.2 Å². The molecule has 0 heterocycles. The predicted molar refractivity (Wildman–Crippen MR) is 91.2 cm³/mol. The van der Waals surface area contributed by atoms with Crippen molar-refractivity contribution in [2.75, 3.05) is 0 Å². The lowest BCUT2D eigenvalue weighted by Crippen LogP contribution is -2.43. The molecule has 0 radical (unpaired) electrons. The van der Waals surface area contributed by atoms with Gasteiger partial charge < -0.3 is 5.11 Å². The lowest BCUT2D eigenvalue weighted by Gasteiger charge is -2.33. The Balaban J connectivity index is 2.52. The molecule has 1 aliphatic rings. The van der Waals surface area contributed by atoms with Gasteiger partial charge in [-0.25, -0.2) is 4.79 Å². The van der Waals surface area contributed by atoms with Gasteiger partial charge in [0.2, 0.25) is 0 Å². The maximum atomic E-state index is 13.0. The van der Waals surface area contributed by atoms with E-state index in [2.05, 4.69) is 11.6 Å². The van der Waals surface area contributed by atoms with E-state index in [-0.39, 0.29) is 6.07 Å². The molecule has 9 heteroatoms. The number of hydrogen-bond acceptors (Lipinski definition) is 2. The molecule has 154 valence electrons. The summed E-state index contributed by atoms with van der Waals surface area (Å²) in [6, 6.07) is 1.03. The van der Waals surface area contributed by atoms with Gasteiger partial charge in [-0.3, -0.25) is 4.99 Å². The number of carboxylic acid groups (broad SMARTS) is 1. The van der Waals surface area contributed by atoms with Gasteiger partial charge in [-0.05, 0) is 42.5 Å². The topological polar surface area (TPSA) is 49.7 Å². The van der Waals surface area contributed by atoms with Crippen LogP contribution in [0.25, 0.3) is 0 Å². The standard InChI is InChI=1S/C19H19F6NO2/c1-2-17(16(27)28,13-6-4-3-5-7-13)26-11-12-8-14(18(20,21)22)10-15(9-12)19(23,24)25/h2,8-11,13H,1,3-7H2,(H,27,28)/b26-11+/t17-/m0/s1. The molecular weight excluding hydrogens is 388 g/mol. The van der Waals surface area contributed by atoms with Crippen LogP contribution < -0.4 is 0 Å². The molecule has 1 N–H and O–H groups in total. The molecular formula is C19H19F6NO2. The van der Waals surface area contributed by atoms with Crippen molar-refractivity contribution in [2.24, 2.45) is 10.9 Å². The van der Waals surface area contributed by atoms with Crippen LogP contribution in [0.2, 0.25) is 0 Å². The number of nitrogens with zero attached hydrogens (tertiary/aromatic N) is 1. The van der Waals surface area contributed by atoms with E-state index >= 15 is 0 Å². The first kappa shape index (κ1) is 22.0. The summed E-state index contributed by atoms with van der Waals surface area (Å²) in [5.41, 5.74) is -5.25. The predicted octanol–water partition coefficient (Wildman–Crippen LogP) is 5.73. The van der Waals surface area contributed by atoms with Crippen LogP contribution in [-0.4, -0.2) is 22.8 Å². The van der Waals surface area contributed by atoms with Crippen LogP contribution in [0.4, 0.5) is 26.3 Å². The second-order valence-corrected chi connectivity index (χ2v) is 6.77. The van der Waals surface area contributed by atoms with Gasteiger partial charge in [0.1, 0.15) is 0 Å². The molecule has 0 unspecified atom stereocenters. The van der Waals surface area contributed by atoms with E-state index in [1.165, 1.54) is 0 Å². The Morgan fingerprint density at radius 2 is 1.50 bits per heavy atom. The van der Waals surface area contributed by atoms with Crippen LogP contribution in [0.15, 0.2) is 35.8 Å². The summed E-state index contributed by atoms with van der Waals surface area (Å²) in [6.45, 7) is 3.50. The number of aliphatic imine (C=N–C) groups is 1. The summed E-state index contributed by atoms with van der Waals surface area (Å²) in [7, 11) is 0. The van der Waals surface area contributed by atoms with Crippen molar-refractivity contribution in [3.8, 4) is 0 Å². The van der Waals surface area contributed by atoms with E-state index in [0.717, 1.165) is 31.6 Å². The maximum absolute atomic E-state index is 13.0. The molecule has 1 fully saturated rings. The van der Waals surface area contributed by atoms with Gasteiger partial charge in [0.25, 0.3) is 0 Å². The average molecular weight is 407 g/mol. The van der Waals surface area contributed by atoms with E-state index in [1.54, 1.807) is 0 Å². The zero-order chi connectivity index (χ0) is 21.2. The van der Waals surface area contributed by atoms with E-state index < -0.39 is 46.5 Å². The molecule has 1 saturated carbocycles. The second-order valence-electron chi connectivity index (χ2n) is 6.77. The highest BCUT2D eigenvalue weighted by Gasteiger charge is 2.43. The quantitative estimate of drug-likeness (QED) is 0.385. The van der Waals surface area contributed by atoms with Crippen LogP contribution in [0.3, 0.4) is 0 Å². The van der Waals surface area contributed by atoms with Crippen molar-refractivity contribution in [1.29, 1.82) is 0 Å². The highest BCUT2D eigenvalue weighted by Crippen LogP contribution is 2.38. The smallest absolute Gasteiger partial charge is 0.416 e. The molecule has 3 nitrogen and oxygen atoms in total. The van der Waals surface area contributed by atoms with Crippen LogP contribution in [0.5, 0.6) is 0 Å². The normalized spacial score (nSPS) is 18.8. The molecule has 1 aliphatic carbocycles. The Kier molecular flexibility index (Phi) is 6.25. The summed E-state index contributed by atoms with van der Waals surface area (Å²) < 4.78 is 77.8. The Morgan fingerprint density at radius 1 is 1.00 bits per heavy atom. The maximum Gasteiger partial charge on any atom is 0.416 e. The second kappa shape index (κ2) is 7.97. The molecule has 0 spiro atoms. The Morgan fingerprint density at radius 3 is 1.89 bits per heavy atom. The highest BCUT2D eigenvalue weighted by atomic mass is 19.4. The molecule has 1 aromatic carbocycles. The Labute approximate surface area is 157 Å². The minimum Gasteiger partial charge on any atom is -0.479 e. The van der Waals surface area contributed by atoms with E-state index in [1.807, 2.05) is 0 Å². The van der Waals surface area contributed by atoms with Gasteiger partial charge in [0.15, 0.2) is 5.54 Å². The first-order chi connectivity index (χ1) is 12.9. The van der Waals surface area contributed by atoms with Gasteiger partial charge in [0.05, 0.1) is 11.1 Å². The van der Waals surface area contributed by atoms with Crippen LogP contribution in [0.1, 0.15) is 48.8 Å². The van der Waals surface area contributed by atoms with Crippen molar-refractivity contribution in [1.82, 2.24) is 0 Å². The zero-order valence-electron chi connectivity index (χ0n) is 14.8. The van der Waals surface area contributed by atoms with Crippen molar-refractivity contribution >= 4 is 12.2 Å². The number of carbonyl (C=O) groups is 1. The van der Waals surface area contributed by atoms with E-state index in [4.69, 9.17) is 0 Å². The van der Waals surface area contributed by atoms with Crippen molar-refractivity contribution < 1.29 is 36.2 Å². The Hall–Kier alpha value is -2.32. The van der Waals surface area contributed by atoms with Crippen molar-refractivity contribution in [2.45, 2.75) is 50.0 Å². The number of halogens is 6. The molecule has 0 aliphatic heterocycles. The number of carboxylic acids is 1. The molecule has 28 heavy (non-hydrogen) atoms. The SMILES string of the molecule is C=C[C@@](/N=C/c1cc(C(F)(F)F)cc(C(F)(F)F)c1)(C(=O)O)C1CCCCC1. The third-order valence-corrected chi connectivity index (χ3v) is 4.92. The van der Waals surface area contributed by atoms with Crippen molar-refractivity contribution in [3.05, 3.63) is 47.5 Å². The lowest BCUT2D eigenvalue weighted by molar-refractivity contribution is -0.144. The van der Waals surface area contributed by atoms with Crippen LogP contribution in [-0.2, 0) is 17.1 Å². The summed E-state index contributed by atoms with van der Waals surface area (Å²) in [4.78, 5) is 15.8. The van der Waals surface area contributed by atoms with E-state index in [0.29, 0.717) is 25.0 Å². The fourth-order valence-electron chi connectivity index (χ4n) is 3.42. The Bertz CT molecular complexity index is 730. The monoisotopic (exact) mass is 407 g/mol. The molecule has 1 aromatic rings. The molecule has 0 aromatic heterocycles. The molecule has 0 amide bonds. The lowest BCUT2D eigenvalue weighted by atomic mass is 9.75. The van der Waals surface area contributed by atoms with Crippen molar-refractivity contribution in [3.63, 3.8) is 0 Å². The van der Waals surface area contributed by atoms with Crippen LogP contribution in [0, 0.1) is 5.92 Å². The van der Waals surface area contributed by atoms with Gasteiger partial charge in [0, 0.05) is 6.21 Å². The third-order valence-electron chi connectivity index (χ3n) is 4.92. The molecule has 0 saturated heterocycles. The van der Waals surface area contributed by atoms with Gasteiger partial charge >= 0.3 is 18.3 Å². The van der Waals surface area contributed by atoms with Gasteiger partial charge in [-0.15, -0.1) is 6.58 Å². The molecule has 2 rings (SSSR count). The fraction of sp³-hybridized carbons (Fsp3) is 0.474. The molecule has 1 atom stereocenters. The van der Waals surface area contributed by atoms with Gasteiger partial charge in [-0.2, -0.15) is 26.3 Å². The molecule has 0 bridgehead atoms. The zero-order valence-corrected chi connectivity index (χ0v) is 14.8. The summed E-state index contributed by atoms with van der Waals surface area (Å²) >= 11 is 0. The largest absolute Gasteiger partial charge is 0.479 e. The first-order valence-electron chi connectivity index (χ1n) is 8.62. The van der Waals surface area contributed by atoms with Gasteiger partial charge in [-0.1, -0.05) is 25.3 Å². The number of alkyl halides is 6. The average Bonchev–Trinajstić information content (AvgIpc) is 2.61. The number of benzene rings is 1. The number of hydrogen-bond donors (Lipinski definition) is 1. The summed E-state index contributed by atoms with van der Waals surface area (Å²) in [5, 5.41) is 9.68. The van der Waals surface area contributed by atoms with Crippen LogP contribution >= 0.6 is 0 Å². The minimum atomic E-state index is -4.99. The first-order valence-corrected chi connectivity index (χ1v) is 8.62. The minimum absolute atomic E-state index is 0.0103. The fourth-order valence-corrected chi connectivity index (χ4v) is 3.42. The summed E-state index contributed by atoms with van der Waals surface area (Å²) in [5.74, 6) is -1.77.